The van der Waals surface area contributed by atoms with E-state index in [1.54, 1.807) is 0 Å². The molecule has 0 aromatic carbocycles. The van der Waals surface area contributed by atoms with Crippen LogP contribution in [0.1, 0.15) is 32.1 Å². The van der Waals surface area contributed by atoms with Crippen LogP contribution in [0.5, 0.6) is 0 Å². The summed E-state index contributed by atoms with van der Waals surface area (Å²) in [6, 6.07) is 0.676. The second-order valence-corrected chi connectivity index (χ2v) is 3.61. The summed E-state index contributed by atoms with van der Waals surface area (Å²) in [6.07, 6.45) is 7.00. The van der Waals surface area contributed by atoms with Crippen LogP contribution in [0.4, 0.5) is 0 Å². The van der Waals surface area contributed by atoms with Gasteiger partial charge in [-0.1, -0.05) is 0 Å². The molecule has 2 rings (SSSR count). The lowest BCUT2D eigenvalue weighted by Gasteiger charge is -2.24. The fraction of sp³-hybridized carbons (Fsp3) is 1.00. The molecule has 0 spiro atoms. The van der Waals surface area contributed by atoms with Gasteiger partial charge >= 0.3 is 0 Å². The second kappa shape index (κ2) is 3.55. The Morgan fingerprint density at radius 1 is 1.09 bits per heavy atom. The minimum atomic E-state index is 0.537. The Morgan fingerprint density at radius 3 is 3.09 bits per heavy atom. The summed E-state index contributed by atoms with van der Waals surface area (Å²) >= 11 is 0. The molecule has 11 heavy (non-hydrogen) atoms. The quantitative estimate of drug-likeness (QED) is 0.569. The Bertz CT molecular complexity index is 113. The first-order valence-corrected chi connectivity index (χ1v) is 4.82. The molecule has 2 fully saturated rings. The number of ether oxygens (including phenoxy) is 1. The van der Waals surface area contributed by atoms with Crippen LogP contribution in [0, 0.1) is 0 Å². The number of hydrogen-bond donors (Lipinski definition) is 1. The van der Waals surface area contributed by atoms with Crippen molar-refractivity contribution in [1.29, 1.82) is 0 Å². The molecule has 1 aliphatic carbocycles. The molecule has 0 amide bonds. The average molecular weight is 155 g/mol. The van der Waals surface area contributed by atoms with Crippen molar-refractivity contribution >= 4 is 0 Å². The van der Waals surface area contributed by atoms with Gasteiger partial charge < -0.3 is 10.1 Å². The predicted molar refractivity (Wildman–Crippen MR) is 44.6 cm³/mol. The molecule has 0 radical (unpaired) electrons. The standard InChI is InChI=1S/C9H17NO/c1-2-7-11-9-5-3-4-8(9)10-6-1/h8-10H,1-7H2/t8-,9-/m1/s1. The molecular formula is C9H17NO. The SMILES string of the molecule is C1CCO[C@@H]2CCC[C@H]2NC1. The molecule has 1 saturated heterocycles. The highest BCUT2D eigenvalue weighted by atomic mass is 16.5. The van der Waals surface area contributed by atoms with E-state index in [0.29, 0.717) is 12.1 Å². The van der Waals surface area contributed by atoms with E-state index in [1.165, 1.54) is 38.6 Å². The smallest absolute Gasteiger partial charge is 0.0728 e. The van der Waals surface area contributed by atoms with E-state index in [9.17, 15) is 0 Å². The Morgan fingerprint density at radius 2 is 2.09 bits per heavy atom. The van der Waals surface area contributed by atoms with Crippen LogP contribution in [0.15, 0.2) is 0 Å². The van der Waals surface area contributed by atoms with Crippen LogP contribution in [0.3, 0.4) is 0 Å². The van der Waals surface area contributed by atoms with Crippen molar-refractivity contribution in [3.05, 3.63) is 0 Å². The predicted octanol–water partition coefficient (Wildman–Crippen LogP) is 1.31. The van der Waals surface area contributed by atoms with Crippen LogP contribution >= 0.6 is 0 Å². The van der Waals surface area contributed by atoms with Gasteiger partial charge in [-0.2, -0.15) is 0 Å². The summed E-state index contributed by atoms with van der Waals surface area (Å²) in [5, 5.41) is 3.56. The van der Waals surface area contributed by atoms with Crippen LogP contribution in [0.25, 0.3) is 0 Å². The number of nitrogens with one attached hydrogen (secondary N) is 1. The van der Waals surface area contributed by atoms with E-state index in [1.807, 2.05) is 0 Å². The number of fused-ring (bicyclic) bond motifs is 1. The molecule has 2 nitrogen and oxygen atoms in total. The van der Waals surface area contributed by atoms with Crippen molar-refractivity contribution in [3.8, 4) is 0 Å². The fourth-order valence-electron chi connectivity index (χ4n) is 2.11. The Balaban J connectivity index is 1.89. The molecule has 1 saturated carbocycles. The second-order valence-electron chi connectivity index (χ2n) is 3.61. The van der Waals surface area contributed by atoms with E-state index in [0.717, 1.165) is 6.61 Å². The Labute approximate surface area is 68.3 Å². The summed E-state index contributed by atoms with van der Waals surface area (Å²) in [7, 11) is 0. The molecule has 2 aliphatic rings. The van der Waals surface area contributed by atoms with Crippen LogP contribution in [0.2, 0.25) is 0 Å². The highest BCUT2D eigenvalue weighted by Gasteiger charge is 2.27. The van der Waals surface area contributed by atoms with Crippen molar-refractivity contribution < 1.29 is 4.74 Å². The van der Waals surface area contributed by atoms with E-state index in [2.05, 4.69) is 5.32 Å². The maximum atomic E-state index is 5.74. The van der Waals surface area contributed by atoms with Gasteiger partial charge in [0.2, 0.25) is 0 Å². The maximum Gasteiger partial charge on any atom is 0.0728 e. The summed E-state index contributed by atoms with van der Waals surface area (Å²) in [4.78, 5) is 0. The highest BCUT2D eigenvalue weighted by Crippen LogP contribution is 2.23. The lowest BCUT2D eigenvalue weighted by atomic mass is 10.2. The molecule has 64 valence electrons. The monoisotopic (exact) mass is 155 g/mol. The summed E-state index contributed by atoms with van der Waals surface area (Å²) in [5.74, 6) is 0. The third-order valence-corrected chi connectivity index (χ3v) is 2.76. The molecule has 2 atom stereocenters. The molecule has 1 N–H and O–H groups in total. The van der Waals surface area contributed by atoms with Gasteiger partial charge in [-0.05, 0) is 38.6 Å². The minimum Gasteiger partial charge on any atom is -0.377 e. The Kier molecular flexibility index (Phi) is 2.44. The lowest BCUT2D eigenvalue weighted by Crippen LogP contribution is -2.39. The third kappa shape index (κ3) is 1.74. The third-order valence-electron chi connectivity index (χ3n) is 2.76. The van der Waals surface area contributed by atoms with Crippen molar-refractivity contribution in [2.75, 3.05) is 13.2 Å². The first-order chi connectivity index (χ1) is 5.47. The zero-order chi connectivity index (χ0) is 7.52. The fourth-order valence-corrected chi connectivity index (χ4v) is 2.11. The zero-order valence-electron chi connectivity index (χ0n) is 7.01. The maximum absolute atomic E-state index is 5.74. The van der Waals surface area contributed by atoms with E-state index in [4.69, 9.17) is 4.74 Å². The molecule has 0 aromatic rings. The molecule has 1 aliphatic heterocycles. The van der Waals surface area contributed by atoms with Crippen molar-refractivity contribution in [1.82, 2.24) is 5.32 Å². The Hall–Kier alpha value is -0.0800. The van der Waals surface area contributed by atoms with Crippen molar-refractivity contribution in [2.45, 2.75) is 44.2 Å². The van der Waals surface area contributed by atoms with Crippen LogP contribution in [-0.2, 0) is 4.74 Å². The van der Waals surface area contributed by atoms with Crippen molar-refractivity contribution in [2.24, 2.45) is 0 Å². The van der Waals surface area contributed by atoms with Gasteiger partial charge in [0.15, 0.2) is 0 Å². The van der Waals surface area contributed by atoms with E-state index >= 15 is 0 Å². The topological polar surface area (TPSA) is 21.3 Å². The first-order valence-electron chi connectivity index (χ1n) is 4.82. The number of rotatable bonds is 0. The molecular weight excluding hydrogens is 138 g/mol. The molecule has 0 unspecified atom stereocenters. The minimum absolute atomic E-state index is 0.537. The zero-order valence-corrected chi connectivity index (χ0v) is 7.01. The van der Waals surface area contributed by atoms with Gasteiger partial charge in [-0.25, -0.2) is 0 Å². The van der Waals surface area contributed by atoms with Gasteiger partial charge in [-0.3, -0.25) is 0 Å². The molecule has 2 heteroatoms. The lowest BCUT2D eigenvalue weighted by molar-refractivity contribution is 0.0296. The van der Waals surface area contributed by atoms with E-state index in [-0.39, 0.29) is 0 Å². The van der Waals surface area contributed by atoms with E-state index < -0.39 is 0 Å². The van der Waals surface area contributed by atoms with Gasteiger partial charge in [0, 0.05) is 12.6 Å². The van der Waals surface area contributed by atoms with Gasteiger partial charge in [-0.15, -0.1) is 0 Å². The number of hydrogen-bond acceptors (Lipinski definition) is 2. The molecule has 1 heterocycles. The first kappa shape index (κ1) is 7.56. The summed E-state index contributed by atoms with van der Waals surface area (Å²) < 4.78 is 5.74. The van der Waals surface area contributed by atoms with Gasteiger partial charge in [0.05, 0.1) is 6.10 Å². The summed E-state index contributed by atoms with van der Waals surface area (Å²) in [5.41, 5.74) is 0. The molecule has 0 bridgehead atoms. The molecule has 0 aromatic heterocycles. The van der Waals surface area contributed by atoms with Crippen molar-refractivity contribution in [3.63, 3.8) is 0 Å². The van der Waals surface area contributed by atoms with Crippen LogP contribution < -0.4 is 5.32 Å². The van der Waals surface area contributed by atoms with Gasteiger partial charge in [0.1, 0.15) is 0 Å². The van der Waals surface area contributed by atoms with Gasteiger partial charge in [0.25, 0.3) is 0 Å². The van der Waals surface area contributed by atoms with Crippen LogP contribution in [-0.4, -0.2) is 25.3 Å². The normalized spacial score (nSPS) is 39.3. The largest absolute Gasteiger partial charge is 0.377 e. The average Bonchev–Trinajstić information content (AvgIpc) is 2.35. The highest BCUT2D eigenvalue weighted by molar-refractivity contribution is 4.84. The summed E-state index contributed by atoms with van der Waals surface area (Å²) in [6.45, 7) is 2.19.